The van der Waals surface area contributed by atoms with Crippen LogP contribution in [0.3, 0.4) is 0 Å². The summed E-state index contributed by atoms with van der Waals surface area (Å²) in [5, 5.41) is 2.15. The highest BCUT2D eigenvalue weighted by atomic mass is 32.1. The molecule has 4 heterocycles. The van der Waals surface area contributed by atoms with E-state index in [1.807, 2.05) is 45.3 Å². The van der Waals surface area contributed by atoms with Gasteiger partial charge in [0.05, 0.1) is 0 Å². The predicted octanol–water partition coefficient (Wildman–Crippen LogP) is 11.4. The summed E-state index contributed by atoms with van der Waals surface area (Å²) in [6.45, 7) is 2.29. The van der Waals surface area contributed by atoms with E-state index in [0.717, 1.165) is 0 Å². The van der Waals surface area contributed by atoms with Crippen LogP contribution < -0.4 is 0 Å². The fraction of sp³-hybridized carbons (Fsp3) is 0.429. The van der Waals surface area contributed by atoms with Gasteiger partial charge in [-0.05, 0) is 60.7 Å². The summed E-state index contributed by atoms with van der Waals surface area (Å²) in [5.41, 5.74) is 0. The lowest BCUT2D eigenvalue weighted by Crippen LogP contribution is -1.84. The van der Waals surface area contributed by atoms with Crippen LogP contribution in [0.4, 0.5) is 0 Å². The molecule has 0 N–H and O–H groups in total. The van der Waals surface area contributed by atoms with Crippen molar-refractivity contribution in [2.75, 3.05) is 0 Å². The van der Waals surface area contributed by atoms with Crippen LogP contribution in [0.2, 0.25) is 0 Å². The fourth-order valence-electron chi connectivity index (χ4n) is 4.06. The Morgan fingerprint density at radius 2 is 1.00 bits per heavy atom. The summed E-state index contributed by atoms with van der Waals surface area (Å²) in [7, 11) is 0. The normalized spacial score (nSPS) is 11.4. The van der Waals surface area contributed by atoms with E-state index >= 15 is 0 Å². The number of thiophene rings is 4. The molecule has 4 heteroatoms. The highest BCUT2D eigenvalue weighted by Gasteiger charge is 2.11. The molecule has 0 amide bonds. The molecule has 4 aromatic heterocycles. The topological polar surface area (TPSA) is 0 Å². The zero-order valence-electron chi connectivity index (χ0n) is 19.1. The number of rotatable bonds is 14. The fourth-order valence-corrected chi connectivity index (χ4v) is 8.13. The lowest BCUT2D eigenvalue weighted by Gasteiger charge is -2.02. The Kier molecular flexibility index (Phi) is 9.64. The van der Waals surface area contributed by atoms with Crippen LogP contribution in [-0.4, -0.2) is 0 Å². The van der Waals surface area contributed by atoms with Gasteiger partial charge in [-0.2, -0.15) is 0 Å². The van der Waals surface area contributed by atoms with Gasteiger partial charge in [0.15, 0.2) is 0 Å². The second kappa shape index (κ2) is 12.9. The SMILES string of the molecule is CCCCCCCCCCCCc1ccc(-c2ccc(-c3ccc(-c4cccs4)s3)s2)s1. The number of hydrogen-bond acceptors (Lipinski definition) is 4. The van der Waals surface area contributed by atoms with E-state index in [-0.39, 0.29) is 0 Å². The molecule has 0 spiro atoms. The summed E-state index contributed by atoms with van der Waals surface area (Å²) in [5.74, 6) is 0. The highest BCUT2D eigenvalue weighted by Crippen LogP contribution is 2.42. The van der Waals surface area contributed by atoms with Crippen LogP contribution in [0, 0.1) is 0 Å². The molecule has 0 bridgehead atoms. The van der Waals surface area contributed by atoms with Crippen LogP contribution in [0.15, 0.2) is 53.9 Å². The zero-order chi connectivity index (χ0) is 22.0. The quantitative estimate of drug-likeness (QED) is 0.152. The maximum atomic E-state index is 2.35. The zero-order valence-corrected chi connectivity index (χ0v) is 22.4. The standard InChI is InChI=1S/C28H34S4/c1-2-3-4-5-6-7-8-9-10-11-13-22-15-16-25(30-22)26-19-20-28(32-26)27-18-17-24(31-27)23-14-12-21-29-23/h12,14-21H,2-11,13H2,1H3. The van der Waals surface area contributed by atoms with Crippen molar-refractivity contribution in [1.82, 2.24) is 0 Å². The highest BCUT2D eigenvalue weighted by molar-refractivity contribution is 7.28. The van der Waals surface area contributed by atoms with Crippen LogP contribution >= 0.6 is 45.3 Å². The average molecular weight is 499 g/mol. The van der Waals surface area contributed by atoms with E-state index in [4.69, 9.17) is 0 Å². The molecule has 0 saturated carbocycles. The third kappa shape index (κ3) is 6.90. The minimum atomic E-state index is 1.24. The third-order valence-corrected chi connectivity index (χ3v) is 10.7. The van der Waals surface area contributed by atoms with E-state index in [0.29, 0.717) is 0 Å². The van der Waals surface area contributed by atoms with Crippen molar-refractivity contribution in [2.45, 2.75) is 77.6 Å². The van der Waals surface area contributed by atoms with E-state index < -0.39 is 0 Å². The van der Waals surface area contributed by atoms with Crippen LogP contribution in [0.1, 0.15) is 76.0 Å². The summed E-state index contributed by atoms with van der Waals surface area (Å²) < 4.78 is 0. The van der Waals surface area contributed by atoms with Crippen molar-refractivity contribution in [1.29, 1.82) is 0 Å². The molecule has 0 aliphatic rings. The van der Waals surface area contributed by atoms with Crippen LogP contribution in [0.25, 0.3) is 29.3 Å². The molecule has 170 valence electrons. The van der Waals surface area contributed by atoms with Gasteiger partial charge >= 0.3 is 0 Å². The monoisotopic (exact) mass is 498 g/mol. The summed E-state index contributed by atoms with van der Waals surface area (Å²) >= 11 is 7.65. The molecule has 0 atom stereocenters. The van der Waals surface area contributed by atoms with Gasteiger partial charge in [0, 0.05) is 34.1 Å². The number of aryl methyl sites for hydroxylation is 1. The summed E-state index contributed by atoms with van der Waals surface area (Å²) in [6, 6.07) is 18.2. The third-order valence-electron chi connectivity index (χ3n) is 5.90. The second-order valence-corrected chi connectivity index (χ2v) is 12.8. The van der Waals surface area contributed by atoms with Gasteiger partial charge in [0.1, 0.15) is 0 Å². The maximum absolute atomic E-state index is 2.35. The molecule has 0 saturated heterocycles. The van der Waals surface area contributed by atoms with Crippen molar-refractivity contribution in [3.63, 3.8) is 0 Å². The van der Waals surface area contributed by atoms with Crippen molar-refractivity contribution in [2.24, 2.45) is 0 Å². The predicted molar refractivity (Wildman–Crippen MR) is 150 cm³/mol. The van der Waals surface area contributed by atoms with Gasteiger partial charge in [0.2, 0.25) is 0 Å². The first-order chi connectivity index (χ1) is 15.8. The Bertz CT molecular complexity index is 1030. The molecule has 0 aromatic carbocycles. The van der Waals surface area contributed by atoms with Crippen molar-refractivity contribution in [3.05, 3.63) is 58.8 Å². The Morgan fingerprint density at radius 1 is 0.500 bits per heavy atom. The Morgan fingerprint density at radius 3 is 1.56 bits per heavy atom. The van der Waals surface area contributed by atoms with Gasteiger partial charge in [-0.25, -0.2) is 0 Å². The molecule has 4 rings (SSSR count). The van der Waals surface area contributed by atoms with E-state index in [1.165, 1.54) is 99.9 Å². The first-order valence-corrected chi connectivity index (χ1v) is 15.5. The smallest absolute Gasteiger partial charge is 0.0449 e. The summed E-state index contributed by atoms with van der Waals surface area (Å²) in [6.07, 6.45) is 15.3. The maximum Gasteiger partial charge on any atom is 0.0449 e. The lowest BCUT2D eigenvalue weighted by molar-refractivity contribution is 0.557. The largest absolute Gasteiger partial charge is 0.143 e. The van der Waals surface area contributed by atoms with Gasteiger partial charge in [-0.15, -0.1) is 45.3 Å². The minimum absolute atomic E-state index is 1.24. The molecule has 0 nitrogen and oxygen atoms in total. The Hall–Kier alpha value is -1.20. The van der Waals surface area contributed by atoms with Gasteiger partial charge in [0.25, 0.3) is 0 Å². The summed E-state index contributed by atoms with van der Waals surface area (Å²) in [4.78, 5) is 9.89. The molecule has 0 aliphatic heterocycles. The van der Waals surface area contributed by atoms with Crippen LogP contribution in [0.5, 0.6) is 0 Å². The minimum Gasteiger partial charge on any atom is -0.143 e. The number of unbranched alkanes of at least 4 members (excludes halogenated alkanes) is 9. The van der Waals surface area contributed by atoms with E-state index in [9.17, 15) is 0 Å². The molecule has 0 aliphatic carbocycles. The second-order valence-electron chi connectivity index (χ2n) is 8.50. The average Bonchev–Trinajstić information content (AvgIpc) is 3.61. The Balaban J connectivity index is 1.20. The van der Waals surface area contributed by atoms with E-state index in [1.54, 1.807) is 4.88 Å². The van der Waals surface area contributed by atoms with E-state index in [2.05, 4.69) is 60.8 Å². The van der Waals surface area contributed by atoms with Crippen molar-refractivity contribution >= 4 is 45.3 Å². The molecular formula is C28H34S4. The van der Waals surface area contributed by atoms with Crippen molar-refractivity contribution in [3.8, 4) is 29.3 Å². The molecule has 0 radical (unpaired) electrons. The first-order valence-electron chi connectivity index (χ1n) is 12.2. The molecule has 0 unspecified atom stereocenters. The first kappa shape index (κ1) is 23.9. The van der Waals surface area contributed by atoms with Gasteiger partial charge in [-0.1, -0.05) is 70.8 Å². The molecule has 0 fully saturated rings. The van der Waals surface area contributed by atoms with Crippen molar-refractivity contribution < 1.29 is 0 Å². The molecule has 32 heavy (non-hydrogen) atoms. The lowest BCUT2D eigenvalue weighted by atomic mass is 10.1. The van der Waals surface area contributed by atoms with Gasteiger partial charge in [-0.3, -0.25) is 0 Å². The number of hydrogen-bond donors (Lipinski definition) is 0. The Labute approximate surface area is 210 Å². The van der Waals surface area contributed by atoms with Gasteiger partial charge < -0.3 is 0 Å². The van der Waals surface area contributed by atoms with Crippen LogP contribution in [-0.2, 0) is 6.42 Å². The molecular weight excluding hydrogens is 465 g/mol. The molecule has 4 aromatic rings.